The van der Waals surface area contributed by atoms with E-state index in [1.165, 1.54) is 15.6 Å². The molecule has 1 N–H and O–H groups in total. The van der Waals surface area contributed by atoms with Gasteiger partial charge < -0.3 is 9.84 Å². The topological polar surface area (TPSA) is 29.5 Å². The van der Waals surface area contributed by atoms with E-state index in [2.05, 4.69) is 29.6 Å². The fourth-order valence-electron chi connectivity index (χ4n) is 3.31. The van der Waals surface area contributed by atoms with Gasteiger partial charge in [-0.25, -0.2) is 0 Å². The number of hydrogen-bond acceptors (Lipinski definition) is 3. The molecule has 3 rings (SSSR count). The minimum Gasteiger partial charge on any atom is -0.389 e. The lowest BCUT2D eigenvalue weighted by atomic mass is 9.82. The molecule has 0 amide bonds. The van der Waals surface area contributed by atoms with E-state index >= 15 is 0 Å². The summed E-state index contributed by atoms with van der Waals surface area (Å²) in [4.78, 5) is 0. The predicted octanol–water partition coefficient (Wildman–Crippen LogP) is 3.76. The largest absolute Gasteiger partial charge is 0.389 e. The van der Waals surface area contributed by atoms with Crippen molar-refractivity contribution >= 4 is 21.4 Å². The van der Waals surface area contributed by atoms with Crippen LogP contribution in [0.2, 0.25) is 0 Å². The Hall–Kier alpha value is -0.900. The minimum atomic E-state index is -0.624. The predicted molar refractivity (Wildman–Crippen MR) is 79.7 cm³/mol. The van der Waals surface area contributed by atoms with E-state index in [-0.39, 0.29) is 12.2 Å². The van der Waals surface area contributed by atoms with Crippen LogP contribution < -0.4 is 0 Å². The van der Waals surface area contributed by atoms with Gasteiger partial charge in [-0.05, 0) is 36.2 Å². The Bertz CT molecular complexity index is 565. The molecule has 0 saturated carbocycles. The van der Waals surface area contributed by atoms with Crippen LogP contribution in [0.3, 0.4) is 0 Å². The Labute approximate surface area is 118 Å². The number of hydrogen-bond donors (Lipinski definition) is 1. The van der Waals surface area contributed by atoms with E-state index in [0.29, 0.717) is 0 Å². The first kappa shape index (κ1) is 13.1. The second kappa shape index (κ2) is 4.89. The molecule has 0 aliphatic carbocycles. The van der Waals surface area contributed by atoms with Crippen LogP contribution in [0.1, 0.15) is 32.3 Å². The summed E-state index contributed by atoms with van der Waals surface area (Å²) in [5.74, 6) is 0. The number of fused-ring (bicyclic) bond motifs is 1. The lowest BCUT2D eigenvalue weighted by Crippen LogP contribution is -2.44. The van der Waals surface area contributed by atoms with Gasteiger partial charge in [0.05, 0.1) is 17.8 Å². The van der Waals surface area contributed by atoms with E-state index in [9.17, 15) is 5.11 Å². The minimum absolute atomic E-state index is 0.138. The van der Waals surface area contributed by atoms with Crippen molar-refractivity contribution in [1.29, 1.82) is 0 Å². The molecule has 2 atom stereocenters. The number of benzene rings is 1. The third kappa shape index (κ3) is 2.69. The molecule has 102 valence electrons. The van der Waals surface area contributed by atoms with Gasteiger partial charge in [-0.15, -0.1) is 11.3 Å². The summed E-state index contributed by atoms with van der Waals surface area (Å²) in [5.41, 5.74) is 0.644. The van der Waals surface area contributed by atoms with Crippen LogP contribution in [-0.2, 0) is 11.2 Å². The molecule has 0 radical (unpaired) electrons. The van der Waals surface area contributed by atoms with Crippen molar-refractivity contribution in [2.45, 2.75) is 50.9 Å². The zero-order valence-electron chi connectivity index (χ0n) is 11.4. The first-order valence-corrected chi connectivity index (χ1v) is 7.77. The molecule has 0 bridgehead atoms. The first-order chi connectivity index (χ1) is 9.06. The molecule has 1 saturated heterocycles. The SMILES string of the molecule is CC1CC(O)(Cc2csc3ccccc23)CC(C)O1. The second-order valence-electron chi connectivity index (χ2n) is 5.82. The van der Waals surface area contributed by atoms with Crippen molar-refractivity contribution in [1.82, 2.24) is 0 Å². The van der Waals surface area contributed by atoms with E-state index in [1.807, 2.05) is 13.8 Å². The third-order valence-electron chi connectivity index (χ3n) is 3.88. The summed E-state index contributed by atoms with van der Waals surface area (Å²) in [6, 6.07) is 8.42. The summed E-state index contributed by atoms with van der Waals surface area (Å²) in [6.07, 6.45) is 2.45. The monoisotopic (exact) mass is 276 g/mol. The Morgan fingerprint density at radius 3 is 2.68 bits per heavy atom. The van der Waals surface area contributed by atoms with Gasteiger partial charge in [-0.1, -0.05) is 18.2 Å². The lowest BCUT2D eigenvalue weighted by Gasteiger charge is -2.39. The highest BCUT2D eigenvalue weighted by Gasteiger charge is 2.37. The summed E-state index contributed by atoms with van der Waals surface area (Å²) >= 11 is 1.76. The zero-order valence-corrected chi connectivity index (χ0v) is 12.2. The van der Waals surface area contributed by atoms with Gasteiger partial charge in [-0.3, -0.25) is 0 Å². The Morgan fingerprint density at radius 2 is 1.95 bits per heavy atom. The van der Waals surface area contributed by atoms with Crippen molar-refractivity contribution in [2.24, 2.45) is 0 Å². The molecule has 19 heavy (non-hydrogen) atoms. The van der Waals surface area contributed by atoms with E-state index in [0.717, 1.165) is 19.3 Å². The van der Waals surface area contributed by atoms with Gasteiger partial charge in [0.15, 0.2) is 0 Å². The Kier molecular flexibility index (Phi) is 3.37. The van der Waals surface area contributed by atoms with Gasteiger partial charge in [0.25, 0.3) is 0 Å². The van der Waals surface area contributed by atoms with Gasteiger partial charge in [0.2, 0.25) is 0 Å². The molecular formula is C16H20O2S. The molecule has 1 aliphatic rings. The molecule has 2 unspecified atom stereocenters. The first-order valence-electron chi connectivity index (χ1n) is 6.89. The quantitative estimate of drug-likeness (QED) is 0.905. The Balaban J connectivity index is 1.87. The van der Waals surface area contributed by atoms with Crippen molar-refractivity contribution in [2.75, 3.05) is 0 Å². The van der Waals surface area contributed by atoms with Crippen molar-refractivity contribution in [3.63, 3.8) is 0 Å². The fraction of sp³-hybridized carbons (Fsp3) is 0.500. The normalized spacial score (nSPS) is 31.7. The van der Waals surface area contributed by atoms with E-state index < -0.39 is 5.60 Å². The molecule has 1 aromatic carbocycles. The van der Waals surface area contributed by atoms with Crippen molar-refractivity contribution < 1.29 is 9.84 Å². The van der Waals surface area contributed by atoms with Crippen LogP contribution in [0.5, 0.6) is 0 Å². The zero-order chi connectivity index (χ0) is 13.5. The van der Waals surface area contributed by atoms with Crippen LogP contribution in [-0.4, -0.2) is 22.9 Å². The molecule has 1 aromatic heterocycles. The summed E-state index contributed by atoms with van der Waals surface area (Å²) in [7, 11) is 0. The van der Waals surface area contributed by atoms with Crippen LogP contribution in [0.4, 0.5) is 0 Å². The molecule has 0 spiro atoms. The maximum Gasteiger partial charge on any atom is 0.0737 e. The molecule has 3 heteroatoms. The van der Waals surface area contributed by atoms with E-state index in [1.54, 1.807) is 11.3 Å². The molecule has 1 fully saturated rings. The summed E-state index contributed by atoms with van der Waals surface area (Å²) in [6.45, 7) is 4.10. The number of aliphatic hydroxyl groups is 1. The van der Waals surface area contributed by atoms with Gasteiger partial charge in [0.1, 0.15) is 0 Å². The Morgan fingerprint density at radius 1 is 1.26 bits per heavy atom. The van der Waals surface area contributed by atoms with Crippen LogP contribution in [0.25, 0.3) is 10.1 Å². The summed E-state index contributed by atoms with van der Waals surface area (Å²) in [5, 5.41) is 14.3. The maximum absolute atomic E-state index is 10.9. The highest BCUT2D eigenvalue weighted by molar-refractivity contribution is 7.17. The number of rotatable bonds is 2. The maximum atomic E-state index is 10.9. The van der Waals surface area contributed by atoms with Crippen LogP contribution >= 0.6 is 11.3 Å². The smallest absolute Gasteiger partial charge is 0.0737 e. The highest BCUT2D eigenvalue weighted by Crippen LogP contribution is 2.35. The van der Waals surface area contributed by atoms with Crippen molar-refractivity contribution in [3.8, 4) is 0 Å². The lowest BCUT2D eigenvalue weighted by molar-refractivity contribution is -0.130. The second-order valence-corrected chi connectivity index (χ2v) is 6.74. The average molecular weight is 276 g/mol. The highest BCUT2D eigenvalue weighted by atomic mass is 32.1. The van der Waals surface area contributed by atoms with Gasteiger partial charge in [0, 0.05) is 24.0 Å². The third-order valence-corrected chi connectivity index (χ3v) is 4.89. The van der Waals surface area contributed by atoms with Gasteiger partial charge in [-0.2, -0.15) is 0 Å². The van der Waals surface area contributed by atoms with Crippen LogP contribution in [0, 0.1) is 0 Å². The average Bonchev–Trinajstić information content (AvgIpc) is 2.70. The van der Waals surface area contributed by atoms with E-state index in [4.69, 9.17) is 4.74 Å². The molecule has 1 aliphatic heterocycles. The molecular weight excluding hydrogens is 256 g/mol. The van der Waals surface area contributed by atoms with Gasteiger partial charge >= 0.3 is 0 Å². The molecule has 2 aromatic rings. The molecule has 2 nitrogen and oxygen atoms in total. The molecule has 2 heterocycles. The summed E-state index contributed by atoms with van der Waals surface area (Å²) < 4.78 is 7.03. The van der Waals surface area contributed by atoms with Crippen molar-refractivity contribution in [3.05, 3.63) is 35.2 Å². The number of thiophene rings is 1. The number of ether oxygens (including phenoxy) is 1. The fourth-order valence-corrected chi connectivity index (χ4v) is 4.28. The van der Waals surface area contributed by atoms with Crippen LogP contribution in [0.15, 0.2) is 29.6 Å². The standard InChI is InChI=1S/C16H20O2S/c1-11-7-16(17,8-12(2)18-11)9-13-10-19-15-6-4-3-5-14(13)15/h3-6,10-12,17H,7-9H2,1-2H3.